The van der Waals surface area contributed by atoms with E-state index in [1.54, 1.807) is 0 Å². The highest BCUT2D eigenvalue weighted by Gasteiger charge is 2.28. The van der Waals surface area contributed by atoms with Gasteiger partial charge in [-0.2, -0.15) is 0 Å². The fourth-order valence-electron chi connectivity index (χ4n) is 3.96. The van der Waals surface area contributed by atoms with Crippen molar-refractivity contribution in [1.82, 2.24) is 9.97 Å². The third-order valence-electron chi connectivity index (χ3n) is 5.67. The number of aromatic nitrogens is 2. The molecule has 4 N–H and O–H groups in total. The second kappa shape index (κ2) is 8.66. The summed E-state index contributed by atoms with van der Waals surface area (Å²) in [5.41, 5.74) is 2.49. The Labute approximate surface area is 171 Å². The van der Waals surface area contributed by atoms with E-state index in [0.717, 1.165) is 53.9 Å². The minimum absolute atomic E-state index is 0.538. The van der Waals surface area contributed by atoms with Gasteiger partial charge in [0, 0.05) is 31.7 Å². The van der Waals surface area contributed by atoms with E-state index in [2.05, 4.69) is 39.1 Å². The molecule has 0 spiro atoms. The lowest BCUT2D eigenvalue weighted by atomic mass is 9.85. The minimum Gasteiger partial charge on any atom is -0.388 e. The van der Waals surface area contributed by atoms with E-state index < -0.39 is 5.60 Å². The topological polar surface area (TPSA) is 82.1 Å². The number of fused-ring (bicyclic) bond motifs is 1. The molecule has 6 heteroatoms. The van der Waals surface area contributed by atoms with Crippen LogP contribution in [-0.2, 0) is 6.54 Å². The van der Waals surface area contributed by atoms with Gasteiger partial charge >= 0.3 is 0 Å². The van der Waals surface area contributed by atoms with Crippen molar-refractivity contribution in [2.24, 2.45) is 0 Å². The summed E-state index contributed by atoms with van der Waals surface area (Å²) in [6.07, 6.45) is 6.94. The van der Waals surface area contributed by atoms with E-state index in [1.165, 1.54) is 12.0 Å². The van der Waals surface area contributed by atoms with Crippen molar-refractivity contribution in [3.8, 4) is 0 Å². The maximum absolute atomic E-state index is 10.7. The van der Waals surface area contributed by atoms with Crippen LogP contribution >= 0.6 is 0 Å². The number of rotatable bonds is 7. The molecule has 0 amide bonds. The largest absolute Gasteiger partial charge is 0.388 e. The molecule has 1 fully saturated rings. The van der Waals surface area contributed by atoms with E-state index in [4.69, 9.17) is 4.98 Å². The SMILES string of the molecule is CNc1ccc(NCC2(O)CCCCC2)nc1NCc1ccc2ncccc2c1. The average Bonchev–Trinajstić information content (AvgIpc) is 2.77. The molecule has 4 rings (SSSR count). The zero-order valence-electron chi connectivity index (χ0n) is 16.9. The van der Waals surface area contributed by atoms with Crippen LogP contribution in [-0.4, -0.2) is 34.3 Å². The maximum atomic E-state index is 10.7. The number of benzene rings is 1. The van der Waals surface area contributed by atoms with Crippen molar-refractivity contribution in [2.45, 2.75) is 44.2 Å². The molecule has 0 aliphatic heterocycles. The highest BCUT2D eigenvalue weighted by Crippen LogP contribution is 2.29. The molecule has 3 aromatic rings. The van der Waals surface area contributed by atoms with E-state index >= 15 is 0 Å². The van der Waals surface area contributed by atoms with E-state index in [0.29, 0.717) is 13.1 Å². The van der Waals surface area contributed by atoms with Crippen LogP contribution in [0.15, 0.2) is 48.7 Å². The summed E-state index contributed by atoms with van der Waals surface area (Å²) in [6, 6.07) is 14.3. The number of aliphatic hydroxyl groups is 1. The monoisotopic (exact) mass is 391 g/mol. The second-order valence-electron chi connectivity index (χ2n) is 7.87. The molecule has 0 unspecified atom stereocenters. The Bertz CT molecular complexity index is 968. The number of anilines is 3. The molecule has 1 saturated carbocycles. The van der Waals surface area contributed by atoms with Gasteiger partial charge in [-0.05, 0) is 48.7 Å². The van der Waals surface area contributed by atoms with E-state index in [9.17, 15) is 5.11 Å². The molecular formula is C23H29N5O. The molecule has 1 aliphatic rings. The van der Waals surface area contributed by atoms with Crippen LogP contribution in [0.3, 0.4) is 0 Å². The van der Waals surface area contributed by atoms with Gasteiger partial charge in [0.15, 0.2) is 5.82 Å². The zero-order chi connectivity index (χ0) is 20.1. The number of nitrogens with one attached hydrogen (secondary N) is 3. The number of nitrogens with zero attached hydrogens (tertiary/aromatic N) is 2. The van der Waals surface area contributed by atoms with Crippen LogP contribution in [0.25, 0.3) is 10.9 Å². The van der Waals surface area contributed by atoms with Crippen molar-refractivity contribution in [1.29, 1.82) is 0 Å². The van der Waals surface area contributed by atoms with Gasteiger partial charge in [0.25, 0.3) is 0 Å². The van der Waals surface area contributed by atoms with Crippen LogP contribution < -0.4 is 16.0 Å². The maximum Gasteiger partial charge on any atom is 0.152 e. The van der Waals surface area contributed by atoms with Gasteiger partial charge in [-0.25, -0.2) is 4.98 Å². The highest BCUT2D eigenvalue weighted by molar-refractivity contribution is 5.79. The Balaban J connectivity index is 1.44. The minimum atomic E-state index is -0.617. The predicted octanol–water partition coefficient (Wildman–Crippen LogP) is 4.39. The smallest absolute Gasteiger partial charge is 0.152 e. The molecule has 2 aromatic heterocycles. The number of pyridine rings is 2. The molecule has 152 valence electrons. The molecule has 6 nitrogen and oxygen atoms in total. The van der Waals surface area contributed by atoms with Crippen LogP contribution in [0, 0.1) is 0 Å². The fraction of sp³-hybridized carbons (Fsp3) is 0.391. The van der Waals surface area contributed by atoms with Crippen LogP contribution in [0.5, 0.6) is 0 Å². The summed E-state index contributed by atoms with van der Waals surface area (Å²) < 4.78 is 0. The third kappa shape index (κ3) is 4.77. The number of hydrogen-bond donors (Lipinski definition) is 4. The van der Waals surface area contributed by atoms with E-state index in [1.807, 2.05) is 37.5 Å². The first-order chi connectivity index (χ1) is 14.1. The Hall–Kier alpha value is -2.86. The molecule has 29 heavy (non-hydrogen) atoms. The Morgan fingerprint density at radius 3 is 2.72 bits per heavy atom. The van der Waals surface area contributed by atoms with Crippen LogP contribution in [0.1, 0.15) is 37.7 Å². The van der Waals surface area contributed by atoms with Gasteiger partial charge in [-0.15, -0.1) is 0 Å². The first-order valence-electron chi connectivity index (χ1n) is 10.4. The fourth-order valence-corrected chi connectivity index (χ4v) is 3.96. The van der Waals surface area contributed by atoms with Gasteiger partial charge < -0.3 is 21.1 Å². The molecule has 0 atom stereocenters. The van der Waals surface area contributed by atoms with Crippen molar-refractivity contribution >= 4 is 28.2 Å². The third-order valence-corrected chi connectivity index (χ3v) is 5.67. The second-order valence-corrected chi connectivity index (χ2v) is 7.87. The van der Waals surface area contributed by atoms with Gasteiger partial charge in [-0.3, -0.25) is 4.98 Å². The molecule has 2 heterocycles. The first-order valence-corrected chi connectivity index (χ1v) is 10.4. The first kappa shape index (κ1) is 19.5. The van der Waals surface area contributed by atoms with Crippen molar-refractivity contribution in [3.05, 3.63) is 54.2 Å². The van der Waals surface area contributed by atoms with Gasteiger partial charge in [0.05, 0.1) is 16.8 Å². The predicted molar refractivity (Wildman–Crippen MR) is 119 cm³/mol. The molecule has 0 radical (unpaired) electrons. The lowest BCUT2D eigenvalue weighted by Gasteiger charge is -2.32. The van der Waals surface area contributed by atoms with Crippen molar-refractivity contribution in [2.75, 3.05) is 29.5 Å². The molecule has 1 aliphatic carbocycles. The Morgan fingerprint density at radius 1 is 1.03 bits per heavy atom. The summed E-state index contributed by atoms with van der Waals surface area (Å²) in [7, 11) is 1.89. The standard InChI is InChI=1S/C23H29N5O/c1-24-20-9-10-21(27-16-23(29)11-3-2-4-12-23)28-22(20)26-15-17-7-8-19-18(14-17)6-5-13-25-19/h5-10,13-14,24,29H,2-4,11-12,15-16H2,1H3,(H2,26,27,28). The van der Waals surface area contributed by atoms with Crippen LogP contribution in [0.4, 0.5) is 17.3 Å². The van der Waals surface area contributed by atoms with Crippen LogP contribution in [0.2, 0.25) is 0 Å². The summed E-state index contributed by atoms with van der Waals surface area (Å²) in [4.78, 5) is 9.10. The normalized spacial score (nSPS) is 15.8. The Kier molecular flexibility index (Phi) is 5.81. The van der Waals surface area contributed by atoms with Gasteiger partial charge in [0.1, 0.15) is 5.82 Å². The number of hydrogen-bond acceptors (Lipinski definition) is 6. The quantitative estimate of drug-likeness (QED) is 0.478. The summed E-state index contributed by atoms with van der Waals surface area (Å²) in [5.74, 6) is 1.56. The Morgan fingerprint density at radius 2 is 1.90 bits per heavy atom. The van der Waals surface area contributed by atoms with Gasteiger partial charge in [-0.1, -0.05) is 31.4 Å². The van der Waals surface area contributed by atoms with Crippen molar-refractivity contribution in [3.63, 3.8) is 0 Å². The lowest BCUT2D eigenvalue weighted by Crippen LogP contribution is -2.38. The molecule has 0 bridgehead atoms. The van der Waals surface area contributed by atoms with Crippen molar-refractivity contribution < 1.29 is 5.11 Å². The lowest BCUT2D eigenvalue weighted by molar-refractivity contribution is 0.0166. The highest BCUT2D eigenvalue weighted by atomic mass is 16.3. The molecular weight excluding hydrogens is 362 g/mol. The summed E-state index contributed by atoms with van der Waals surface area (Å²) in [6.45, 7) is 1.20. The molecule has 1 aromatic carbocycles. The summed E-state index contributed by atoms with van der Waals surface area (Å²) in [5, 5.41) is 21.8. The van der Waals surface area contributed by atoms with Gasteiger partial charge in [0.2, 0.25) is 0 Å². The van der Waals surface area contributed by atoms with E-state index in [-0.39, 0.29) is 0 Å². The summed E-state index contributed by atoms with van der Waals surface area (Å²) >= 11 is 0. The molecule has 0 saturated heterocycles. The zero-order valence-corrected chi connectivity index (χ0v) is 16.9. The average molecular weight is 392 g/mol.